The molecule has 84 valence electrons. The quantitative estimate of drug-likeness (QED) is 0.673. The number of fused-ring (bicyclic) bond motifs is 3. The first-order valence-electron chi connectivity index (χ1n) is 6.08. The molecule has 0 amide bonds. The van der Waals surface area contributed by atoms with Crippen LogP contribution in [0, 0.1) is 17.8 Å². The van der Waals surface area contributed by atoms with Crippen LogP contribution in [0.25, 0.3) is 0 Å². The van der Waals surface area contributed by atoms with E-state index in [0.717, 1.165) is 4.48 Å². The second kappa shape index (κ2) is 4.08. The molecule has 1 fully saturated rings. The Morgan fingerprint density at radius 1 is 1.25 bits per heavy atom. The van der Waals surface area contributed by atoms with Crippen molar-refractivity contribution in [3.8, 4) is 0 Å². The molecule has 0 unspecified atom stereocenters. The maximum atomic E-state index is 10.2. The van der Waals surface area contributed by atoms with E-state index in [2.05, 4.69) is 34.2 Å². The largest absolute Gasteiger partial charge is 0.379 e. The summed E-state index contributed by atoms with van der Waals surface area (Å²) in [6.07, 6.45) is 13.2. The Bertz CT molecular complexity index is 380. The minimum Gasteiger partial charge on any atom is -0.379 e. The molecule has 2 heteroatoms. The van der Waals surface area contributed by atoms with Crippen molar-refractivity contribution in [1.82, 2.24) is 0 Å². The normalized spacial score (nSPS) is 37.4. The first kappa shape index (κ1) is 10.7. The van der Waals surface area contributed by atoms with Crippen LogP contribution in [0.3, 0.4) is 0 Å². The van der Waals surface area contributed by atoms with E-state index in [4.69, 9.17) is 0 Å². The molecule has 0 radical (unpaired) electrons. The molecule has 3 aliphatic rings. The van der Waals surface area contributed by atoms with Gasteiger partial charge in [0.2, 0.25) is 0 Å². The summed E-state index contributed by atoms with van der Waals surface area (Å²) in [5.74, 6) is 2.46. The molecule has 0 heterocycles. The number of aliphatic hydroxyl groups excluding tert-OH is 1. The van der Waals surface area contributed by atoms with Gasteiger partial charge in [0.15, 0.2) is 0 Å². The summed E-state index contributed by atoms with van der Waals surface area (Å²) in [5, 5.41) is 10.2. The van der Waals surface area contributed by atoms with Crippen LogP contribution in [0.5, 0.6) is 0 Å². The fourth-order valence-corrected chi connectivity index (χ4v) is 3.66. The zero-order chi connectivity index (χ0) is 11.1. The topological polar surface area (TPSA) is 20.2 Å². The van der Waals surface area contributed by atoms with Crippen LogP contribution in [0.4, 0.5) is 0 Å². The number of aliphatic hydroxyl groups is 1. The van der Waals surface area contributed by atoms with Crippen LogP contribution in [-0.4, -0.2) is 11.2 Å². The van der Waals surface area contributed by atoms with Gasteiger partial charge < -0.3 is 5.11 Å². The van der Waals surface area contributed by atoms with Gasteiger partial charge in [-0.3, -0.25) is 0 Å². The van der Waals surface area contributed by atoms with Gasteiger partial charge in [-0.15, -0.1) is 0 Å². The molecule has 1 saturated carbocycles. The monoisotopic (exact) mass is 279 g/mol. The molecular weight excluding hydrogens is 264 g/mol. The lowest BCUT2D eigenvalue weighted by molar-refractivity contribution is 0.0821. The number of hydrogen-bond donors (Lipinski definition) is 1. The molecule has 0 bridgehead atoms. The highest BCUT2D eigenvalue weighted by atomic mass is 79.9. The lowest BCUT2D eigenvalue weighted by Crippen LogP contribution is -2.37. The predicted octanol–water partition coefficient (Wildman–Crippen LogP) is 3.52. The summed E-state index contributed by atoms with van der Waals surface area (Å²) in [4.78, 5) is 0. The molecule has 3 rings (SSSR count). The van der Waals surface area contributed by atoms with Gasteiger partial charge in [0.05, 0.1) is 10.1 Å². The van der Waals surface area contributed by atoms with E-state index in [-0.39, 0.29) is 6.10 Å². The van der Waals surface area contributed by atoms with Crippen LogP contribution < -0.4 is 0 Å². The molecule has 1 nitrogen and oxygen atoms in total. The standard InChI is InChI=1S/C14H16BrO/c15-10-6-5-9-7-14(16)12-4-2-1-3-11(12)13(9)8-10/h5-8,11-12,14,16H,1-4H2/q+1/t11-,12-,14-/m1/s1. The lowest BCUT2D eigenvalue weighted by atomic mass is 9.64. The third-order valence-corrected chi connectivity index (χ3v) is 4.55. The summed E-state index contributed by atoms with van der Waals surface area (Å²) < 4.78 is 1.15. The molecule has 3 atom stereocenters. The highest BCUT2D eigenvalue weighted by molar-refractivity contribution is 9.11. The molecule has 0 aliphatic heterocycles. The van der Waals surface area contributed by atoms with E-state index in [1.807, 2.05) is 6.08 Å². The lowest BCUT2D eigenvalue weighted by Gasteiger charge is -2.38. The highest BCUT2D eigenvalue weighted by Crippen LogP contribution is 2.47. The molecular formula is C14H16BrO+. The number of hydrogen-bond acceptors (Lipinski definition) is 1. The smallest absolute Gasteiger partial charge is 0.110 e. The van der Waals surface area contributed by atoms with Crippen molar-refractivity contribution < 1.29 is 5.11 Å². The number of allylic oxidation sites excluding steroid dienone is 5. The van der Waals surface area contributed by atoms with Crippen molar-refractivity contribution in [3.63, 3.8) is 0 Å². The van der Waals surface area contributed by atoms with E-state index in [9.17, 15) is 5.11 Å². The summed E-state index contributed by atoms with van der Waals surface area (Å²) >= 11 is 3.55. The Hall–Kier alpha value is -0.470. The van der Waals surface area contributed by atoms with E-state index < -0.39 is 0 Å². The van der Waals surface area contributed by atoms with Crippen molar-refractivity contribution in [1.29, 1.82) is 0 Å². The van der Waals surface area contributed by atoms with Crippen LogP contribution in [0.15, 0.2) is 34.4 Å². The fraction of sp³-hybridized carbons (Fsp3) is 0.500. The minimum atomic E-state index is -0.237. The van der Waals surface area contributed by atoms with Gasteiger partial charge in [-0.1, -0.05) is 12.8 Å². The first-order valence-corrected chi connectivity index (χ1v) is 6.87. The first-order chi connectivity index (χ1) is 7.75. The molecule has 0 aromatic heterocycles. The third kappa shape index (κ3) is 1.68. The second-order valence-electron chi connectivity index (χ2n) is 4.99. The Labute approximate surface area is 105 Å². The average molecular weight is 280 g/mol. The van der Waals surface area contributed by atoms with E-state index >= 15 is 0 Å². The number of rotatable bonds is 0. The maximum absolute atomic E-state index is 10.2. The maximum Gasteiger partial charge on any atom is 0.110 e. The third-order valence-electron chi connectivity index (χ3n) is 4.06. The summed E-state index contributed by atoms with van der Waals surface area (Å²) in [6, 6.07) is 0. The van der Waals surface area contributed by atoms with Crippen molar-refractivity contribution >= 4 is 15.9 Å². The molecule has 0 aromatic carbocycles. The molecule has 3 aliphatic carbocycles. The summed E-state index contributed by atoms with van der Waals surface area (Å²) in [5.41, 5.74) is 1.24. The van der Waals surface area contributed by atoms with Crippen LogP contribution in [-0.2, 0) is 0 Å². The minimum absolute atomic E-state index is 0.237. The van der Waals surface area contributed by atoms with Gasteiger partial charge in [0, 0.05) is 58.0 Å². The van der Waals surface area contributed by atoms with Gasteiger partial charge in [0.25, 0.3) is 0 Å². The Kier molecular flexibility index (Phi) is 2.72. The van der Waals surface area contributed by atoms with Crippen molar-refractivity contribution in [2.75, 3.05) is 0 Å². The van der Waals surface area contributed by atoms with Gasteiger partial charge in [-0.05, 0) is 12.8 Å². The van der Waals surface area contributed by atoms with E-state index in [1.165, 1.54) is 37.2 Å². The van der Waals surface area contributed by atoms with Crippen molar-refractivity contribution in [2.24, 2.45) is 11.8 Å². The van der Waals surface area contributed by atoms with E-state index in [1.54, 1.807) is 0 Å². The van der Waals surface area contributed by atoms with Gasteiger partial charge in [-0.2, -0.15) is 0 Å². The zero-order valence-electron chi connectivity index (χ0n) is 9.20. The molecule has 1 N–H and O–H groups in total. The molecule has 0 saturated heterocycles. The Morgan fingerprint density at radius 2 is 2.06 bits per heavy atom. The zero-order valence-corrected chi connectivity index (χ0v) is 10.8. The average Bonchev–Trinajstić information content (AvgIpc) is 2.31. The van der Waals surface area contributed by atoms with Gasteiger partial charge in [0.1, 0.15) is 6.10 Å². The van der Waals surface area contributed by atoms with Gasteiger partial charge >= 0.3 is 0 Å². The van der Waals surface area contributed by atoms with Crippen LogP contribution in [0.1, 0.15) is 25.7 Å². The highest BCUT2D eigenvalue weighted by Gasteiger charge is 2.44. The summed E-state index contributed by atoms with van der Waals surface area (Å²) in [7, 11) is 0. The van der Waals surface area contributed by atoms with Crippen molar-refractivity contribution in [3.05, 3.63) is 40.3 Å². The predicted molar refractivity (Wildman–Crippen MR) is 68.9 cm³/mol. The van der Waals surface area contributed by atoms with Crippen LogP contribution >= 0.6 is 15.9 Å². The van der Waals surface area contributed by atoms with Crippen molar-refractivity contribution in [2.45, 2.75) is 31.8 Å². The molecule has 0 aromatic rings. The molecule has 16 heavy (non-hydrogen) atoms. The van der Waals surface area contributed by atoms with E-state index in [0.29, 0.717) is 11.8 Å². The SMILES string of the molecule is O[C@@H]1C=C2C=CC(Br)=C[C+]2[C@@H]2CCCC[C@@H]12. The fourth-order valence-electron chi connectivity index (χ4n) is 3.28. The van der Waals surface area contributed by atoms with Crippen LogP contribution in [0.2, 0.25) is 0 Å². The second-order valence-corrected chi connectivity index (χ2v) is 5.90. The van der Waals surface area contributed by atoms with Gasteiger partial charge in [-0.25, -0.2) is 0 Å². The Balaban J connectivity index is 1.97. The Morgan fingerprint density at radius 3 is 2.94 bits per heavy atom. The number of halogens is 1. The molecule has 0 spiro atoms. The summed E-state index contributed by atoms with van der Waals surface area (Å²) in [6.45, 7) is 0.